The van der Waals surface area contributed by atoms with Crippen molar-refractivity contribution in [3.63, 3.8) is 0 Å². The van der Waals surface area contributed by atoms with Crippen molar-refractivity contribution in [1.29, 1.82) is 0 Å². The lowest BCUT2D eigenvalue weighted by molar-refractivity contribution is -0.336. The van der Waals surface area contributed by atoms with Gasteiger partial charge in [0.2, 0.25) is 0 Å². The molecule has 0 aromatic heterocycles. The number of fused-ring (bicyclic) bond motifs is 2. The van der Waals surface area contributed by atoms with E-state index < -0.39 is 32.8 Å². The predicted molar refractivity (Wildman–Crippen MR) is 116 cm³/mol. The van der Waals surface area contributed by atoms with Gasteiger partial charge in [0.15, 0.2) is 26.7 Å². The highest BCUT2D eigenvalue weighted by Crippen LogP contribution is 2.46. The van der Waals surface area contributed by atoms with Gasteiger partial charge in [0, 0.05) is 5.56 Å². The smallest absolute Gasteiger partial charge is 0.192 e. The molecule has 0 aliphatic carbocycles. The van der Waals surface area contributed by atoms with Crippen molar-refractivity contribution in [3.8, 4) is 0 Å². The SMILES string of the molecule is CC1(CCl)O[C@H]2O[C@@H]3COC(c4ccccc4)O[C@H]3[C@H](O[Si](C)(C)C(C)(C)C)[C@H]2O1. The normalized spacial score (nSPS) is 39.4. The lowest BCUT2D eigenvalue weighted by atomic mass is 9.98. The molecule has 8 heteroatoms. The van der Waals surface area contributed by atoms with Crippen LogP contribution in [0.5, 0.6) is 0 Å². The molecule has 2 unspecified atom stereocenters. The number of ether oxygens (including phenoxy) is 5. The Kier molecular flexibility index (Phi) is 6.14. The molecule has 7 atom stereocenters. The van der Waals surface area contributed by atoms with E-state index in [4.69, 9.17) is 39.7 Å². The maximum Gasteiger partial charge on any atom is 0.192 e. The van der Waals surface area contributed by atoms with Crippen LogP contribution in [0.1, 0.15) is 39.5 Å². The molecule has 1 aromatic carbocycles. The first-order valence-electron chi connectivity index (χ1n) is 10.6. The van der Waals surface area contributed by atoms with E-state index in [1.165, 1.54) is 0 Å². The highest BCUT2D eigenvalue weighted by atomic mass is 35.5. The lowest BCUT2D eigenvalue weighted by Gasteiger charge is -2.50. The van der Waals surface area contributed by atoms with E-state index >= 15 is 0 Å². The Hall–Kier alpha value is -0.513. The van der Waals surface area contributed by atoms with Gasteiger partial charge in [0.25, 0.3) is 0 Å². The Morgan fingerprint density at radius 1 is 1.10 bits per heavy atom. The minimum Gasteiger partial charge on any atom is -0.408 e. The van der Waals surface area contributed by atoms with Gasteiger partial charge < -0.3 is 28.1 Å². The molecule has 3 heterocycles. The van der Waals surface area contributed by atoms with Crippen LogP contribution in [-0.4, -0.2) is 57.3 Å². The summed E-state index contributed by atoms with van der Waals surface area (Å²) in [5.41, 5.74) is 0.971. The van der Waals surface area contributed by atoms with Crippen molar-refractivity contribution in [3.05, 3.63) is 35.9 Å². The van der Waals surface area contributed by atoms with Crippen LogP contribution in [0, 0.1) is 0 Å². The molecule has 3 fully saturated rings. The minimum atomic E-state index is -2.13. The van der Waals surface area contributed by atoms with Crippen molar-refractivity contribution in [2.24, 2.45) is 0 Å². The average molecular weight is 457 g/mol. The molecule has 4 rings (SSSR count). The molecule has 0 bridgehead atoms. The molecule has 30 heavy (non-hydrogen) atoms. The first-order valence-corrected chi connectivity index (χ1v) is 14.0. The number of benzene rings is 1. The van der Waals surface area contributed by atoms with Crippen molar-refractivity contribution in [1.82, 2.24) is 0 Å². The molecule has 3 aliphatic rings. The molecule has 0 radical (unpaired) electrons. The largest absolute Gasteiger partial charge is 0.408 e. The third kappa shape index (κ3) is 4.23. The Morgan fingerprint density at radius 2 is 1.80 bits per heavy atom. The number of alkyl halides is 1. The summed E-state index contributed by atoms with van der Waals surface area (Å²) in [6, 6.07) is 9.93. The number of rotatable bonds is 4. The zero-order valence-electron chi connectivity index (χ0n) is 18.6. The van der Waals surface area contributed by atoms with Crippen LogP contribution in [0.25, 0.3) is 0 Å². The summed E-state index contributed by atoms with van der Waals surface area (Å²) in [5.74, 6) is -0.714. The summed E-state index contributed by atoms with van der Waals surface area (Å²) in [6.45, 7) is 13.4. The Bertz CT molecular complexity index is 741. The van der Waals surface area contributed by atoms with E-state index in [0.717, 1.165) is 5.56 Å². The van der Waals surface area contributed by atoms with E-state index in [2.05, 4.69) is 33.9 Å². The summed E-state index contributed by atoms with van der Waals surface area (Å²) in [4.78, 5) is 0. The van der Waals surface area contributed by atoms with Gasteiger partial charge in [-0.15, -0.1) is 11.6 Å². The van der Waals surface area contributed by atoms with E-state index in [0.29, 0.717) is 6.61 Å². The first kappa shape index (κ1) is 22.7. The number of halogens is 1. The molecule has 3 aliphatic heterocycles. The highest BCUT2D eigenvalue weighted by Gasteiger charge is 2.59. The third-order valence-electron chi connectivity index (χ3n) is 6.59. The standard InChI is InChI=1S/C22H33ClO6Si/c1-21(2,3)30(5,6)29-17-16-15(25-20-18(17)27-22(4,13-23)28-20)12-24-19(26-16)14-10-8-7-9-11-14/h7-11,15-20H,12-13H2,1-6H3/t15-,16-,17+,18-,19?,20-,22?/m1/s1. The summed E-state index contributed by atoms with van der Waals surface area (Å²) in [6.07, 6.45) is -2.43. The molecular formula is C22H33ClO6Si. The highest BCUT2D eigenvalue weighted by molar-refractivity contribution is 6.74. The van der Waals surface area contributed by atoms with Crippen molar-refractivity contribution in [2.75, 3.05) is 12.5 Å². The van der Waals surface area contributed by atoms with Crippen LogP contribution in [0.15, 0.2) is 30.3 Å². The summed E-state index contributed by atoms with van der Waals surface area (Å²) >= 11 is 6.13. The average Bonchev–Trinajstić information content (AvgIpc) is 3.04. The second kappa shape index (κ2) is 8.12. The Labute approximate surface area is 185 Å². The molecule has 3 saturated heterocycles. The fourth-order valence-corrected chi connectivity index (χ4v) is 5.25. The zero-order chi connectivity index (χ0) is 21.7. The second-order valence-electron chi connectivity index (χ2n) is 10.0. The lowest BCUT2D eigenvalue weighted by Crippen LogP contribution is -2.64. The molecule has 0 spiro atoms. The third-order valence-corrected chi connectivity index (χ3v) is 11.5. The Morgan fingerprint density at radius 3 is 2.43 bits per heavy atom. The van der Waals surface area contributed by atoms with Crippen molar-refractivity contribution >= 4 is 19.9 Å². The zero-order valence-corrected chi connectivity index (χ0v) is 20.3. The molecule has 1 aromatic rings. The quantitative estimate of drug-likeness (QED) is 0.488. The fourth-order valence-electron chi connectivity index (χ4n) is 3.82. The molecule has 0 amide bonds. The van der Waals surface area contributed by atoms with E-state index in [-0.39, 0.29) is 29.2 Å². The van der Waals surface area contributed by atoms with E-state index in [9.17, 15) is 0 Å². The maximum absolute atomic E-state index is 6.88. The summed E-state index contributed by atoms with van der Waals surface area (Å²) in [5, 5.41) is 0.0372. The molecule has 0 saturated carbocycles. The van der Waals surface area contributed by atoms with Gasteiger partial charge in [-0.1, -0.05) is 51.1 Å². The van der Waals surface area contributed by atoms with Gasteiger partial charge in [-0.3, -0.25) is 0 Å². The molecular weight excluding hydrogens is 424 g/mol. The van der Waals surface area contributed by atoms with Gasteiger partial charge in [-0.2, -0.15) is 0 Å². The fraction of sp³-hybridized carbons (Fsp3) is 0.727. The number of hydrogen-bond donors (Lipinski definition) is 0. The van der Waals surface area contributed by atoms with E-state index in [1.807, 2.05) is 37.3 Å². The molecule has 168 valence electrons. The van der Waals surface area contributed by atoms with Crippen molar-refractivity contribution in [2.45, 2.75) is 88.6 Å². The summed E-state index contributed by atoms with van der Waals surface area (Å²) in [7, 11) is -2.13. The number of hydrogen-bond acceptors (Lipinski definition) is 6. The Balaban J connectivity index is 1.63. The van der Waals surface area contributed by atoms with Gasteiger partial charge in [0.05, 0.1) is 12.5 Å². The first-order chi connectivity index (χ1) is 14.0. The van der Waals surface area contributed by atoms with Gasteiger partial charge >= 0.3 is 0 Å². The van der Waals surface area contributed by atoms with Crippen molar-refractivity contribution < 1.29 is 28.1 Å². The van der Waals surface area contributed by atoms with Crippen LogP contribution in [0.4, 0.5) is 0 Å². The van der Waals surface area contributed by atoms with Crippen LogP contribution < -0.4 is 0 Å². The van der Waals surface area contributed by atoms with Crippen LogP contribution in [0.3, 0.4) is 0 Å². The second-order valence-corrected chi connectivity index (χ2v) is 15.1. The van der Waals surface area contributed by atoms with Crippen LogP contribution >= 0.6 is 11.6 Å². The van der Waals surface area contributed by atoms with Gasteiger partial charge in [-0.25, -0.2) is 0 Å². The van der Waals surface area contributed by atoms with Gasteiger partial charge in [0.1, 0.15) is 24.4 Å². The van der Waals surface area contributed by atoms with E-state index in [1.54, 1.807) is 0 Å². The summed E-state index contributed by atoms with van der Waals surface area (Å²) < 4.78 is 37.8. The monoisotopic (exact) mass is 456 g/mol. The van der Waals surface area contributed by atoms with Crippen LogP contribution in [-0.2, 0) is 28.1 Å². The maximum atomic E-state index is 6.88. The predicted octanol–water partition coefficient (Wildman–Crippen LogP) is 4.59. The van der Waals surface area contributed by atoms with Crippen LogP contribution in [0.2, 0.25) is 18.1 Å². The topological polar surface area (TPSA) is 55.4 Å². The van der Waals surface area contributed by atoms with Gasteiger partial charge in [-0.05, 0) is 25.1 Å². The molecule has 0 N–H and O–H groups in total. The molecule has 6 nitrogen and oxygen atoms in total. The minimum absolute atomic E-state index is 0.0372.